The molecular formula is C23H19N9O. The molecule has 162 valence electrons. The third kappa shape index (κ3) is 4.44. The first kappa shape index (κ1) is 20.1. The number of aromatic nitrogens is 7. The van der Waals surface area contributed by atoms with E-state index in [0.29, 0.717) is 17.3 Å². The van der Waals surface area contributed by atoms with Gasteiger partial charge >= 0.3 is 6.03 Å². The largest absolute Gasteiger partial charge is 0.321 e. The number of hydrogen-bond acceptors (Lipinski definition) is 6. The van der Waals surface area contributed by atoms with E-state index in [4.69, 9.17) is 0 Å². The zero-order valence-electron chi connectivity index (χ0n) is 17.4. The number of tetrazole rings is 1. The number of carbonyl (C=O) groups is 1. The fourth-order valence-corrected chi connectivity index (χ4v) is 3.24. The summed E-state index contributed by atoms with van der Waals surface area (Å²) in [6, 6.07) is 28.1. The Labute approximate surface area is 188 Å². The average Bonchev–Trinajstić information content (AvgIpc) is 3.52. The topological polar surface area (TPSA) is 115 Å². The Balaban J connectivity index is 1.35. The van der Waals surface area contributed by atoms with Crippen LogP contribution >= 0.6 is 0 Å². The van der Waals surface area contributed by atoms with Gasteiger partial charge in [-0.25, -0.2) is 4.79 Å². The molecule has 0 atom stereocenters. The fourth-order valence-electron chi connectivity index (χ4n) is 3.24. The smallest absolute Gasteiger partial charge is 0.317 e. The van der Waals surface area contributed by atoms with E-state index in [1.807, 2.05) is 91.0 Å². The Bertz CT molecular complexity index is 1290. The highest BCUT2D eigenvalue weighted by Crippen LogP contribution is 2.27. The number of nitrogens with zero attached hydrogens (tertiary/aromatic N) is 7. The summed E-state index contributed by atoms with van der Waals surface area (Å²) in [5, 5.41) is 26.5. The summed E-state index contributed by atoms with van der Waals surface area (Å²) in [6.07, 6.45) is 0. The molecule has 10 nitrogen and oxygen atoms in total. The van der Waals surface area contributed by atoms with Crippen molar-refractivity contribution in [3.05, 3.63) is 91.0 Å². The zero-order valence-corrected chi connectivity index (χ0v) is 17.4. The molecule has 0 saturated heterocycles. The molecule has 2 N–H and O–H groups in total. The minimum atomic E-state index is -0.453. The van der Waals surface area contributed by atoms with Crippen LogP contribution in [0.4, 0.5) is 10.6 Å². The lowest BCUT2D eigenvalue weighted by Crippen LogP contribution is -2.32. The van der Waals surface area contributed by atoms with Crippen molar-refractivity contribution in [1.82, 2.24) is 40.5 Å². The van der Waals surface area contributed by atoms with Crippen molar-refractivity contribution in [2.24, 2.45) is 0 Å². The lowest BCUT2D eigenvalue weighted by Gasteiger charge is -2.10. The summed E-state index contributed by atoms with van der Waals surface area (Å²) in [5.74, 6) is 0.928. The number of amides is 2. The molecule has 5 rings (SSSR count). The highest BCUT2D eigenvalue weighted by Gasteiger charge is 2.18. The van der Waals surface area contributed by atoms with Gasteiger partial charge in [0, 0.05) is 11.1 Å². The van der Waals surface area contributed by atoms with Crippen LogP contribution in [0.5, 0.6) is 0 Å². The van der Waals surface area contributed by atoms with Crippen LogP contribution in [0.25, 0.3) is 28.3 Å². The van der Waals surface area contributed by atoms with Gasteiger partial charge in [0.15, 0.2) is 5.82 Å². The molecule has 2 amide bonds. The average molecular weight is 437 g/mol. The lowest BCUT2D eigenvalue weighted by molar-refractivity contribution is 0.247. The maximum absolute atomic E-state index is 12.7. The van der Waals surface area contributed by atoms with Gasteiger partial charge in [-0.2, -0.15) is 4.68 Å². The molecule has 0 saturated carbocycles. The first-order valence-corrected chi connectivity index (χ1v) is 10.2. The minimum Gasteiger partial charge on any atom is -0.317 e. The van der Waals surface area contributed by atoms with Gasteiger partial charge in [0.2, 0.25) is 5.82 Å². The number of benzene rings is 3. The van der Waals surface area contributed by atoms with Gasteiger partial charge in [-0.15, -0.1) is 20.1 Å². The van der Waals surface area contributed by atoms with Crippen LogP contribution in [0.1, 0.15) is 0 Å². The first-order valence-electron chi connectivity index (χ1n) is 10.2. The Hall–Kier alpha value is -4.86. The van der Waals surface area contributed by atoms with Crippen molar-refractivity contribution in [2.45, 2.75) is 6.67 Å². The summed E-state index contributed by atoms with van der Waals surface area (Å²) in [5.41, 5.74) is 3.01. The van der Waals surface area contributed by atoms with Crippen LogP contribution in [0.15, 0.2) is 91.0 Å². The molecule has 10 heteroatoms. The molecule has 33 heavy (non-hydrogen) atoms. The molecule has 0 bridgehead atoms. The first-order chi connectivity index (χ1) is 16.3. The highest BCUT2D eigenvalue weighted by atomic mass is 16.2. The summed E-state index contributed by atoms with van der Waals surface area (Å²) in [6.45, 7) is 0.0409. The molecule has 0 aliphatic carbocycles. The van der Waals surface area contributed by atoms with E-state index in [1.165, 1.54) is 4.80 Å². The standard InChI is InChI=1S/C23H19N9O/c33-23(24-16-31-28-21(27-29-31)18-12-6-2-7-13-18)25-22-20(17-10-4-1-5-11-17)26-30-32(22)19-14-8-3-9-15-19/h1-15H,16H2,(H2,24,25,33). The summed E-state index contributed by atoms with van der Waals surface area (Å²) in [7, 11) is 0. The van der Waals surface area contributed by atoms with Crippen LogP contribution in [0, 0.1) is 0 Å². The molecular weight excluding hydrogens is 418 g/mol. The van der Waals surface area contributed by atoms with Crippen LogP contribution in [0.2, 0.25) is 0 Å². The highest BCUT2D eigenvalue weighted by molar-refractivity contribution is 5.92. The van der Waals surface area contributed by atoms with E-state index in [9.17, 15) is 4.79 Å². The van der Waals surface area contributed by atoms with Gasteiger partial charge in [0.05, 0.1) is 5.69 Å². The summed E-state index contributed by atoms with van der Waals surface area (Å²) < 4.78 is 1.59. The number of urea groups is 1. The monoisotopic (exact) mass is 437 g/mol. The molecule has 0 radical (unpaired) electrons. The number of nitrogens with one attached hydrogen (secondary N) is 2. The van der Waals surface area contributed by atoms with Crippen LogP contribution in [-0.4, -0.2) is 41.2 Å². The molecule has 2 aromatic heterocycles. The van der Waals surface area contributed by atoms with Crippen molar-refractivity contribution in [3.8, 4) is 28.3 Å². The molecule has 2 heterocycles. The fraction of sp³-hybridized carbons (Fsp3) is 0.0435. The van der Waals surface area contributed by atoms with Crippen LogP contribution < -0.4 is 10.6 Å². The molecule has 3 aromatic carbocycles. The maximum atomic E-state index is 12.7. The van der Waals surface area contributed by atoms with Gasteiger partial charge < -0.3 is 5.32 Å². The van der Waals surface area contributed by atoms with Crippen molar-refractivity contribution in [1.29, 1.82) is 0 Å². The third-order valence-electron chi connectivity index (χ3n) is 4.82. The van der Waals surface area contributed by atoms with Crippen molar-refractivity contribution in [3.63, 3.8) is 0 Å². The number of rotatable bonds is 6. The third-order valence-corrected chi connectivity index (χ3v) is 4.82. The maximum Gasteiger partial charge on any atom is 0.321 e. The van der Waals surface area contributed by atoms with E-state index in [0.717, 1.165) is 16.8 Å². The predicted molar refractivity (Wildman–Crippen MR) is 122 cm³/mol. The summed E-state index contributed by atoms with van der Waals surface area (Å²) in [4.78, 5) is 14.1. The van der Waals surface area contributed by atoms with Crippen molar-refractivity contribution >= 4 is 11.8 Å². The van der Waals surface area contributed by atoms with E-state index < -0.39 is 6.03 Å². The number of hydrogen-bond donors (Lipinski definition) is 2. The summed E-state index contributed by atoms with van der Waals surface area (Å²) >= 11 is 0. The molecule has 0 unspecified atom stereocenters. The van der Waals surface area contributed by atoms with Gasteiger partial charge in [-0.3, -0.25) is 5.32 Å². The van der Waals surface area contributed by atoms with Crippen LogP contribution in [0.3, 0.4) is 0 Å². The molecule has 5 aromatic rings. The molecule has 0 spiro atoms. The second kappa shape index (κ2) is 9.10. The van der Waals surface area contributed by atoms with Crippen molar-refractivity contribution < 1.29 is 4.79 Å². The van der Waals surface area contributed by atoms with E-state index >= 15 is 0 Å². The minimum absolute atomic E-state index is 0.0409. The second-order valence-corrected chi connectivity index (χ2v) is 7.04. The van der Waals surface area contributed by atoms with Gasteiger partial charge in [0.1, 0.15) is 12.4 Å². The van der Waals surface area contributed by atoms with E-state index in [1.54, 1.807) is 4.68 Å². The number of anilines is 1. The quantitative estimate of drug-likeness (QED) is 0.421. The number of carbonyl (C=O) groups excluding carboxylic acids is 1. The van der Waals surface area contributed by atoms with Crippen molar-refractivity contribution in [2.75, 3.05) is 5.32 Å². The molecule has 0 fully saturated rings. The Morgan fingerprint density at radius 2 is 1.39 bits per heavy atom. The van der Waals surface area contributed by atoms with Gasteiger partial charge in [-0.05, 0) is 17.3 Å². The second-order valence-electron chi connectivity index (χ2n) is 7.04. The predicted octanol–water partition coefficient (Wildman–Crippen LogP) is 3.37. The Kier molecular flexibility index (Phi) is 5.53. The number of para-hydroxylation sites is 1. The molecule has 0 aliphatic heterocycles. The van der Waals surface area contributed by atoms with E-state index in [2.05, 4.69) is 36.4 Å². The lowest BCUT2D eigenvalue weighted by atomic mass is 10.1. The van der Waals surface area contributed by atoms with E-state index in [-0.39, 0.29) is 6.67 Å². The molecule has 0 aliphatic rings. The SMILES string of the molecule is O=C(NCn1nnc(-c2ccccc2)n1)Nc1c(-c2ccccc2)nnn1-c1ccccc1. The zero-order chi connectivity index (χ0) is 22.5. The van der Waals surface area contributed by atoms with Gasteiger partial charge in [-0.1, -0.05) is 84.1 Å². The Morgan fingerprint density at radius 3 is 2.09 bits per heavy atom. The Morgan fingerprint density at radius 1 is 0.758 bits per heavy atom. The van der Waals surface area contributed by atoms with Gasteiger partial charge in [0.25, 0.3) is 0 Å². The van der Waals surface area contributed by atoms with Crippen LogP contribution in [-0.2, 0) is 6.67 Å². The normalized spacial score (nSPS) is 10.7.